The number of carbonyl (C=O) groups excluding carboxylic acids is 1. The van der Waals surface area contributed by atoms with Crippen molar-refractivity contribution in [3.8, 4) is 5.75 Å². The van der Waals surface area contributed by atoms with E-state index in [2.05, 4.69) is 20.5 Å². The summed E-state index contributed by atoms with van der Waals surface area (Å²) < 4.78 is 11.5. The predicted molar refractivity (Wildman–Crippen MR) is 105 cm³/mol. The Balaban J connectivity index is 1.55. The van der Waals surface area contributed by atoms with Crippen molar-refractivity contribution in [1.29, 1.82) is 0 Å². The molecule has 1 aliphatic carbocycles. The van der Waals surface area contributed by atoms with Crippen molar-refractivity contribution in [1.82, 2.24) is 4.98 Å². The number of aromatic amines is 1. The summed E-state index contributed by atoms with van der Waals surface area (Å²) in [6, 6.07) is 3.70. The summed E-state index contributed by atoms with van der Waals surface area (Å²) in [5.41, 5.74) is 8.53. The molecule has 2 aromatic rings. The second-order valence-electron chi connectivity index (χ2n) is 7.48. The lowest BCUT2D eigenvalue weighted by Gasteiger charge is -2.28. The first-order valence-corrected chi connectivity index (χ1v) is 9.65. The predicted octanol–water partition coefficient (Wildman–Crippen LogP) is 1.48. The number of morpholine rings is 1. The van der Waals surface area contributed by atoms with Crippen LogP contribution in [0.3, 0.4) is 0 Å². The van der Waals surface area contributed by atoms with E-state index in [4.69, 9.17) is 15.2 Å². The molecule has 1 atom stereocenters. The highest BCUT2D eigenvalue weighted by Gasteiger charge is 2.35. The van der Waals surface area contributed by atoms with Gasteiger partial charge in [0.2, 0.25) is 5.91 Å². The van der Waals surface area contributed by atoms with Crippen LogP contribution in [0.5, 0.6) is 5.75 Å². The van der Waals surface area contributed by atoms with Gasteiger partial charge in [-0.15, -0.1) is 0 Å². The number of carbonyl (C=O) groups is 1. The Kier molecular flexibility index (Phi) is 4.00. The summed E-state index contributed by atoms with van der Waals surface area (Å²) in [6.45, 7) is 4.51. The summed E-state index contributed by atoms with van der Waals surface area (Å²) in [5.74, 6) is 1.94. The van der Waals surface area contributed by atoms with E-state index in [-0.39, 0.29) is 11.9 Å². The Morgan fingerprint density at radius 3 is 2.81 bits per heavy atom. The number of primary amides is 1. The normalized spacial score (nSPS) is 20.5. The van der Waals surface area contributed by atoms with Gasteiger partial charge in [0, 0.05) is 31.4 Å². The first-order chi connectivity index (χ1) is 13.2. The molecule has 0 unspecified atom stereocenters. The fraction of sp³-hybridized carbons (Fsp3) is 0.526. The van der Waals surface area contributed by atoms with E-state index in [1.54, 1.807) is 0 Å². The number of nitrogens with two attached hydrogens (primary N) is 1. The Labute approximate surface area is 157 Å². The quantitative estimate of drug-likeness (QED) is 0.635. The number of aromatic nitrogens is 1. The van der Waals surface area contributed by atoms with Crippen LogP contribution in [-0.4, -0.2) is 56.4 Å². The molecule has 144 valence electrons. The van der Waals surface area contributed by atoms with E-state index in [0.717, 1.165) is 79.5 Å². The monoisotopic (exact) mass is 371 g/mol. The molecule has 2 fully saturated rings. The Morgan fingerprint density at radius 1 is 1.26 bits per heavy atom. The van der Waals surface area contributed by atoms with E-state index < -0.39 is 0 Å². The molecule has 1 saturated carbocycles. The molecule has 0 bridgehead atoms. The molecule has 8 nitrogen and oxygen atoms in total. The number of benzene rings is 1. The average molecular weight is 371 g/mol. The molecule has 5 rings (SSSR count). The molecule has 1 amide bonds. The minimum Gasteiger partial charge on any atom is -0.491 e. The van der Waals surface area contributed by atoms with Gasteiger partial charge in [0.25, 0.3) is 0 Å². The van der Waals surface area contributed by atoms with Gasteiger partial charge in [-0.3, -0.25) is 4.79 Å². The van der Waals surface area contributed by atoms with Crippen molar-refractivity contribution in [2.24, 2.45) is 11.7 Å². The minimum atomic E-state index is -0.327. The van der Waals surface area contributed by atoms with Crippen LogP contribution in [-0.2, 0) is 9.53 Å². The van der Waals surface area contributed by atoms with Crippen molar-refractivity contribution in [2.45, 2.75) is 18.9 Å². The zero-order chi connectivity index (χ0) is 18.4. The van der Waals surface area contributed by atoms with Gasteiger partial charge in [-0.2, -0.15) is 0 Å². The van der Waals surface area contributed by atoms with E-state index in [1.165, 1.54) is 0 Å². The standard InChI is InChI=1S/C19H25N5O3/c20-18(25)16(11-1-2-11)22-12-9-13-15-14(10-12)27-6-3-21-17(15)19(23-13)24-4-7-26-8-5-24/h9-11,16,21-23H,1-8H2,(H2,20,25)/t16-/m0/s1. The summed E-state index contributed by atoms with van der Waals surface area (Å²) >= 11 is 0. The van der Waals surface area contributed by atoms with Crippen molar-refractivity contribution < 1.29 is 14.3 Å². The molecular formula is C19H25N5O3. The van der Waals surface area contributed by atoms with Crippen molar-refractivity contribution in [3.63, 3.8) is 0 Å². The van der Waals surface area contributed by atoms with Gasteiger partial charge < -0.3 is 35.7 Å². The fourth-order valence-electron chi connectivity index (χ4n) is 4.04. The van der Waals surface area contributed by atoms with E-state index in [0.29, 0.717) is 12.5 Å². The topological polar surface area (TPSA) is 105 Å². The van der Waals surface area contributed by atoms with Gasteiger partial charge >= 0.3 is 0 Å². The molecule has 0 spiro atoms. The number of rotatable bonds is 5. The van der Waals surface area contributed by atoms with Crippen LogP contribution in [0.2, 0.25) is 0 Å². The van der Waals surface area contributed by atoms with Crippen LogP contribution in [0, 0.1) is 5.92 Å². The summed E-state index contributed by atoms with van der Waals surface area (Å²) in [4.78, 5) is 17.7. The molecule has 0 radical (unpaired) electrons. The molecule has 2 aliphatic heterocycles. The third kappa shape index (κ3) is 3.03. The van der Waals surface area contributed by atoms with Gasteiger partial charge in [-0.1, -0.05) is 0 Å². The third-order valence-corrected chi connectivity index (χ3v) is 5.55. The van der Waals surface area contributed by atoms with Crippen LogP contribution in [0.15, 0.2) is 12.1 Å². The highest BCUT2D eigenvalue weighted by atomic mass is 16.5. The Hall–Kier alpha value is -2.61. The second kappa shape index (κ2) is 6.53. The average Bonchev–Trinajstić information content (AvgIpc) is 3.47. The highest BCUT2D eigenvalue weighted by molar-refractivity contribution is 6.05. The van der Waals surface area contributed by atoms with Crippen LogP contribution in [0.4, 0.5) is 17.2 Å². The van der Waals surface area contributed by atoms with Crippen molar-refractivity contribution in [2.75, 3.05) is 55.0 Å². The van der Waals surface area contributed by atoms with Gasteiger partial charge in [0.1, 0.15) is 24.2 Å². The van der Waals surface area contributed by atoms with Gasteiger partial charge in [0.05, 0.1) is 29.8 Å². The molecule has 27 heavy (non-hydrogen) atoms. The Bertz CT molecular complexity index is 870. The van der Waals surface area contributed by atoms with Crippen LogP contribution < -0.4 is 26.0 Å². The Morgan fingerprint density at radius 2 is 2.07 bits per heavy atom. The first-order valence-electron chi connectivity index (χ1n) is 9.65. The molecule has 3 heterocycles. The zero-order valence-corrected chi connectivity index (χ0v) is 15.2. The molecule has 1 aromatic heterocycles. The number of ether oxygens (including phenoxy) is 2. The van der Waals surface area contributed by atoms with Crippen LogP contribution in [0.1, 0.15) is 12.8 Å². The number of anilines is 3. The minimum absolute atomic E-state index is 0.299. The van der Waals surface area contributed by atoms with E-state index in [9.17, 15) is 4.79 Å². The van der Waals surface area contributed by atoms with Crippen LogP contribution in [0.25, 0.3) is 10.9 Å². The van der Waals surface area contributed by atoms with Crippen molar-refractivity contribution >= 4 is 34.0 Å². The van der Waals surface area contributed by atoms with Crippen LogP contribution >= 0.6 is 0 Å². The molecule has 1 aromatic carbocycles. The lowest BCUT2D eigenvalue weighted by atomic mass is 10.1. The number of H-pyrrole nitrogens is 1. The maximum Gasteiger partial charge on any atom is 0.240 e. The third-order valence-electron chi connectivity index (χ3n) is 5.55. The number of hydrogen-bond donors (Lipinski definition) is 4. The zero-order valence-electron chi connectivity index (χ0n) is 15.2. The van der Waals surface area contributed by atoms with Gasteiger partial charge in [-0.05, 0) is 24.8 Å². The first kappa shape index (κ1) is 16.6. The summed E-state index contributed by atoms with van der Waals surface area (Å²) in [6.07, 6.45) is 2.09. The number of nitrogens with one attached hydrogen (secondary N) is 3. The molecule has 1 saturated heterocycles. The molecule has 5 N–H and O–H groups in total. The maximum absolute atomic E-state index is 11.8. The summed E-state index contributed by atoms with van der Waals surface area (Å²) in [7, 11) is 0. The molecule has 3 aliphatic rings. The van der Waals surface area contributed by atoms with E-state index in [1.807, 2.05) is 12.1 Å². The largest absolute Gasteiger partial charge is 0.491 e. The highest BCUT2D eigenvalue weighted by Crippen LogP contribution is 2.43. The lowest BCUT2D eigenvalue weighted by molar-refractivity contribution is -0.119. The van der Waals surface area contributed by atoms with Gasteiger partial charge in [0.15, 0.2) is 0 Å². The molecule has 8 heteroatoms. The number of nitrogens with zero attached hydrogens (tertiary/aromatic N) is 1. The molecular weight excluding hydrogens is 346 g/mol. The lowest BCUT2D eigenvalue weighted by Crippen LogP contribution is -2.37. The van der Waals surface area contributed by atoms with Crippen molar-refractivity contribution in [3.05, 3.63) is 12.1 Å². The maximum atomic E-state index is 11.8. The summed E-state index contributed by atoms with van der Waals surface area (Å²) in [5, 5.41) is 7.90. The smallest absolute Gasteiger partial charge is 0.240 e. The number of amides is 1. The van der Waals surface area contributed by atoms with E-state index >= 15 is 0 Å². The fourth-order valence-corrected chi connectivity index (χ4v) is 4.04. The SMILES string of the molecule is NC(=O)[C@@H](Nc1cc2c3c(c(N4CCOCC4)[nH]c3c1)NCCO2)C1CC1. The number of hydrogen-bond acceptors (Lipinski definition) is 6. The second-order valence-corrected chi connectivity index (χ2v) is 7.48. The van der Waals surface area contributed by atoms with Gasteiger partial charge in [-0.25, -0.2) is 0 Å².